The molecule has 0 aliphatic rings. The topological polar surface area (TPSA) is 37.3 Å². The highest BCUT2D eigenvalue weighted by Crippen LogP contribution is 2.16. The molecule has 0 atom stereocenters. The van der Waals surface area contributed by atoms with Gasteiger partial charge < -0.3 is 5.11 Å². The van der Waals surface area contributed by atoms with Crippen molar-refractivity contribution in [2.24, 2.45) is 0 Å². The molecule has 1 N–H and O–H groups in total. The summed E-state index contributed by atoms with van der Waals surface area (Å²) in [7, 11) is 0. The lowest BCUT2D eigenvalue weighted by Gasteiger charge is -2.00. The van der Waals surface area contributed by atoms with Crippen LogP contribution in [0.25, 0.3) is 0 Å². The van der Waals surface area contributed by atoms with Gasteiger partial charge >= 0.3 is 0 Å². The zero-order valence-electron chi connectivity index (χ0n) is 6.57. The third kappa shape index (κ3) is 1.68. The van der Waals surface area contributed by atoms with Gasteiger partial charge in [-0.25, -0.2) is 0 Å². The van der Waals surface area contributed by atoms with E-state index >= 15 is 0 Å². The van der Waals surface area contributed by atoms with Gasteiger partial charge in [-0.2, -0.15) is 0 Å². The third-order valence-electron chi connectivity index (χ3n) is 1.56. The lowest BCUT2D eigenvalue weighted by Crippen LogP contribution is -1.92. The summed E-state index contributed by atoms with van der Waals surface area (Å²) in [6.07, 6.45) is 0.608. The Labute approximate surface area is 75.8 Å². The number of carbonyl (C=O) groups is 1. The summed E-state index contributed by atoms with van der Waals surface area (Å²) in [5.41, 5.74) is 1.07. The Kier molecular flexibility index (Phi) is 2.55. The van der Waals surface area contributed by atoms with Crippen LogP contribution < -0.4 is 0 Å². The van der Waals surface area contributed by atoms with E-state index in [1.54, 1.807) is 19.1 Å². The molecule has 0 radical (unpaired) electrons. The van der Waals surface area contributed by atoms with Crippen LogP contribution in [0.3, 0.4) is 0 Å². The summed E-state index contributed by atoms with van der Waals surface area (Å²) < 4.78 is 0. The van der Waals surface area contributed by atoms with E-state index in [2.05, 4.69) is 0 Å². The van der Waals surface area contributed by atoms with Gasteiger partial charge in [0.2, 0.25) is 0 Å². The second-order valence-corrected chi connectivity index (χ2v) is 3.06. The number of phenolic OH excluding ortho intramolecular Hbond substituents is 1. The smallest absolute Gasteiger partial charge is 0.153 e. The number of phenols is 1. The van der Waals surface area contributed by atoms with E-state index in [0.717, 1.165) is 5.56 Å². The lowest BCUT2D eigenvalue weighted by atomic mass is 10.1. The first-order valence-corrected chi connectivity index (χ1v) is 3.85. The first-order valence-electron chi connectivity index (χ1n) is 3.44. The molecule has 1 rings (SSSR count). The summed E-state index contributed by atoms with van der Waals surface area (Å²) in [5.74, 6) is -0.00926. The number of rotatable bonds is 2. The molecule has 0 aliphatic carbocycles. The molecule has 0 saturated carbocycles. The second-order valence-electron chi connectivity index (χ2n) is 2.45. The predicted octanol–water partition coefficient (Wildman–Crippen LogP) is 1.94. The molecule has 0 amide bonds. The average molecular weight is 180 g/mol. The quantitative estimate of drug-likeness (QED) is 0.429. The molecule has 0 aromatic heterocycles. The number of thiocarbonyl (C=S) groups is 1. The fraction of sp³-hybridized carbons (Fsp3) is 0.111. The third-order valence-corrected chi connectivity index (χ3v) is 1.80. The molecule has 0 bridgehead atoms. The number of hydrogen-bond donors (Lipinski definition) is 1. The molecule has 1 aromatic rings. The van der Waals surface area contributed by atoms with E-state index < -0.39 is 0 Å². The van der Waals surface area contributed by atoms with E-state index in [9.17, 15) is 4.79 Å². The van der Waals surface area contributed by atoms with Crippen molar-refractivity contribution in [1.82, 2.24) is 0 Å². The van der Waals surface area contributed by atoms with Crippen LogP contribution in [0.2, 0.25) is 0 Å². The minimum atomic E-state index is -0.00926. The van der Waals surface area contributed by atoms with Crippen molar-refractivity contribution in [3.63, 3.8) is 0 Å². The van der Waals surface area contributed by atoms with Gasteiger partial charge in [0.05, 0.1) is 5.56 Å². The van der Waals surface area contributed by atoms with Crippen molar-refractivity contribution in [1.29, 1.82) is 0 Å². The fourth-order valence-electron chi connectivity index (χ4n) is 0.868. The standard InChI is InChI=1S/C9H8O2S/c1-6(12)7-2-3-9(11)8(4-7)5-10/h2-5,11H,1H3. The number of benzene rings is 1. The zero-order valence-corrected chi connectivity index (χ0v) is 7.39. The van der Waals surface area contributed by atoms with E-state index in [4.69, 9.17) is 17.3 Å². The average Bonchev–Trinajstić information content (AvgIpc) is 2.05. The van der Waals surface area contributed by atoms with Gasteiger partial charge in [-0.3, -0.25) is 4.79 Å². The molecule has 1 aromatic carbocycles. The van der Waals surface area contributed by atoms with Crippen LogP contribution in [0, 0.1) is 0 Å². The molecule has 0 spiro atoms. The number of carbonyl (C=O) groups excluding carboxylic acids is 1. The maximum absolute atomic E-state index is 10.4. The molecular weight excluding hydrogens is 172 g/mol. The summed E-state index contributed by atoms with van der Waals surface area (Å²) in [5, 5.41) is 9.14. The van der Waals surface area contributed by atoms with Crippen LogP contribution in [0.4, 0.5) is 0 Å². The Morgan fingerprint density at radius 3 is 2.75 bits per heavy atom. The van der Waals surface area contributed by atoms with Gasteiger partial charge in [0.25, 0.3) is 0 Å². The summed E-state index contributed by atoms with van der Waals surface area (Å²) in [4.78, 5) is 11.1. The number of hydrogen-bond acceptors (Lipinski definition) is 3. The van der Waals surface area contributed by atoms with Gasteiger partial charge in [0.15, 0.2) is 6.29 Å². The number of aromatic hydroxyl groups is 1. The SMILES string of the molecule is CC(=S)c1ccc(O)c(C=O)c1. The highest BCUT2D eigenvalue weighted by molar-refractivity contribution is 7.80. The summed E-state index contributed by atoms with van der Waals surface area (Å²) in [6, 6.07) is 4.73. The van der Waals surface area contributed by atoms with Crippen LogP contribution >= 0.6 is 12.2 Å². The van der Waals surface area contributed by atoms with Gasteiger partial charge in [-0.05, 0) is 24.6 Å². The van der Waals surface area contributed by atoms with Crippen LogP contribution in [0.5, 0.6) is 5.75 Å². The first kappa shape index (κ1) is 8.87. The van der Waals surface area contributed by atoms with Crippen LogP contribution in [-0.2, 0) is 0 Å². The molecule has 0 heterocycles. The van der Waals surface area contributed by atoms with Crippen LogP contribution in [0.1, 0.15) is 22.8 Å². The predicted molar refractivity (Wildman–Crippen MR) is 50.9 cm³/mol. The molecule has 2 nitrogen and oxygen atoms in total. The maximum atomic E-state index is 10.4. The van der Waals surface area contributed by atoms with Gasteiger partial charge in [0.1, 0.15) is 5.75 Å². The van der Waals surface area contributed by atoms with E-state index in [0.29, 0.717) is 11.2 Å². The van der Waals surface area contributed by atoms with E-state index in [-0.39, 0.29) is 11.3 Å². The normalized spacial score (nSPS) is 9.42. The summed E-state index contributed by atoms with van der Waals surface area (Å²) >= 11 is 4.92. The molecule has 0 saturated heterocycles. The van der Waals surface area contributed by atoms with Crippen molar-refractivity contribution in [2.75, 3.05) is 0 Å². The Bertz CT molecular complexity index is 331. The van der Waals surface area contributed by atoms with Gasteiger partial charge in [-0.1, -0.05) is 18.3 Å². The van der Waals surface area contributed by atoms with Gasteiger partial charge in [0, 0.05) is 4.86 Å². The Balaban J connectivity index is 3.22. The molecule has 0 fully saturated rings. The zero-order chi connectivity index (χ0) is 9.14. The fourth-order valence-corrected chi connectivity index (χ4v) is 0.995. The maximum Gasteiger partial charge on any atom is 0.153 e. The Morgan fingerprint density at radius 1 is 1.58 bits per heavy atom. The molecular formula is C9H8O2S. The molecule has 0 unspecified atom stereocenters. The second kappa shape index (κ2) is 3.45. The Morgan fingerprint density at radius 2 is 2.25 bits per heavy atom. The van der Waals surface area contributed by atoms with Gasteiger partial charge in [-0.15, -0.1) is 0 Å². The largest absolute Gasteiger partial charge is 0.507 e. The Hall–Kier alpha value is -1.22. The van der Waals surface area contributed by atoms with Crippen molar-refractivity contribution < 1.29 is 9.90 Å². The summed E-state index contributed by atoms with van der Waals surface area (Å²) in [6.45, 7) is 1.77. The molecule has 62 valence electrons. The van der Waals surface area contributed by atoms with Crippen molar-refractivity contribution in [2.45, 2.75) is 6.92 Å². The number of aldehydes is 1. The molecule has 0 aliphatic heterocycles. The highest BCUT2D eigenvalue weighted by Gasteiger charge is 2.01. The minimum Gasteiger partial charge on any atom is -0.507 e. The van der Waals surface area contributed by atoms with Crippen LogP contribution in [0.15, 0.2) is 18.2 Å². The van der Waals surface area contributed by atoms with Crippen LogP contribution in [-0.4, -0.2) is 16.3 Å². The molecule has 3 heteroatoms. The van der Waals surface area contributed by atoms with Crippen molar-refractivity contribution in [3.8, 4) is 5.75 Å². The highest BCUT2D eigenvalue weighted by atomic mass is 32.1. The minimum absolute atomic E-state index is 0.00926. The van der Waals surface area contributed by atoms with Crippen molar-refractivity contribution >= 4 is 23.4 Å². The lowest BCUT2D eigenvalue weighted by molar-refractivity contribution is 0.112. The van der Waals surface area contributed by atoms with E-state index in [1.165, 1.54) is 6.07 Å². The monoisotopic (exact) mass is 180 g/mol. The first-order chi connectivity index (χ1) is 5.65. The van der Waals surface area contributed by atoms with Crippen molar-refractivity contribution in [3.05, 3.63) is 29.3 Å². The molecule has 12 heavy (non-hydrogen) atoms. The van der Waals surface area contributed by atoms with E-state index in [1.807, 2.05) is 0 Å².